The lowest BCUT2D eigenvalue weighted by molar-refractivity contribution is 0.198. The van der Waals surface area contributed by atoms with Crippen LogP contribution >= 0.6 is 15.9 Å². The first kappa shape index (κ1) is 14.4. The molecule has 0 amide bonds. The molecule has 8 heteroatoms. The zero-order valence-electron chi connectivity index (χ0n) is 8.94. The van der Waals surface area contributed by atoms with Gasteiger partial charge in [0.05, 0.1) is 6.10 Å². The summed E-state index contributed by atoms with van der Waals surface area (Å²) in [5.74, 6) is -0.913. The third kappa shape index (κ3) is 3.63. The van der Waals surface area contributed by atoms with Crippen molar-refractivity contribution >= 4 is 31.6 Å². The normalized spacial score (nSPS) is 13.6. The summed E-state index contributed by atoms with van der Waals surface area (Å²) in [6.07, 6.45) is -0.861. The molecule has 0 fully saturated rings. The van der Waals surface area contributed by atoms with Crippen LogP contribution in [0.25, 0.3) is 0 Å². The van der Waals surface area contributed by atoms with Crippen molar-refractivity contribution in [1.82, 2.24) is 4.72 Å². The van der Waals surface area contributed by atoms with Crippen LogP contribution in [0.1, 0.15) is 6.92 Å². The number of nitrogens with one attached hydrogen (secondary N) is 1. The molecule has 1 aromatic rings. The molecule has 1 aromatic carbocycles. The number of aliphatic hydroxyl groups is 1. The molecular weight excluding hydrogens is 315 g/mol. The Kier molecular flexibility index (Phi) is 4.48. The molecule has 0 bridgehead atoms. The van der Waals surface area contributed by atoms with E-state index in [-0.39, 0.29) is 16.7 Å². The maximum absolute atomic E-state index is 13.5. The van der Waals surface area contributed by atoms with Gasteiger partial charge < -0.3 is 10.8 Å². The van der Waals surface area contributed by atoms with Crippen LogP contribution in [0.15, 0.2) is 21.5 Å². The molecular formula is C9H12BrFN2O3S. The number of hydrogen-bond acceptors (Lipinski definition) is 4. The Hall–Kier alpha value is -0.700. The van der Waals surface area contributed by atoms with Crippen LogP contribution in [-0.4, -0.2) is 26.2 Å². The molecule has 0 aliphatic rings. The summed E-state index contributed by atoms with van der Waals surface area (Å²) in [6.45, 7) is 1.21. The van der Waals surface area contributed by atoms with E-state index in [2.05, 4.69) is 20.7 Å². The number of anilines is 1. The second-order valence-electron chi connectivity index (χ2n) is 3.51. The molecule has 0 saturated carbocycles. The molecule has 0 saturated heterocycles. The largest absolute Gasteiger partial charge is 0.398 e. The Bertz CT molecular complexity index is 519. The fourth-order valence-corrected chi connectivity index (χ4v) is 2.59. The number of sulfonamides is 1. The van der Waals surface area contributed by atoms with E-state index >= 15 is 0 Å². The van der Waals surface area contributed by atoms with Crippen molar-refractivity contribution in [2.45, 2.75) is 17.9 Å². The second-order valence-corrected chi connectivity index (χ2v) is 6.09. The highest BCUT2D eigenvalue weighted by Crippen LogP contribution is 2.25. The van der Waals surface area contributed by atoms with E-state index in [1.807, 2.05) is 0 Å². The van der Waals surface area contributed by atoms with Crippen molar-refractivity contribution in [3.05, 3.63) is 22.4 Å². The van der Waals surface area contributed by atoms with Gasteiger partial charge >= 0.3 is 0 Å². The van der Waals surface area contributed by atoms with Crippen LogP contribution < -0.4 is 10.5 Å². The highest BCUT2D eigenvalue weighted by Gasteiger charge is 2.20. The van der Waals surface area contributed by atoms with E-state index in [9.17, 15) is 12.8 Å². The zero-order valence-corrected chi connectivity index (χ0v) is 11.3. The summed E-state index contributed by atoms with van der Waals surface area (Å²) in [5.41, 5.74) is 5.60. The lowest BCUT2D eigenvalue weighted by Crippen LogP contribution is -2.31. The van der Waals surface area contributed by atoms with Gasteiger partial charge in [-0.05, 0) is 35.0 Å². The summed E-state index contributed by atoms with van der Waals surface area (Å²) in [7, 11) is -4.01. The average Bonchev–Trinajstić information content (AvgIpc) is 2.20. The molecule has 4 N–H and O–H groups in total. The number of nitrogens with two attached hydrogens (primary N) is 1. The minimum atomic E-state index is -4.01. The average molecular weight is 327 g/mol. The smallest absolute Gasteiger partial charge is 0.243 e. The number of rotatable bonds is 4. The minimum absolute atomic E-state index is 0.115. The van der Waals surface area contributed by atoms with E-state index in [0.717, 1.165) is 12.1 Å². The van der Waals surface area contributed by atoms with Gasteiger partial charge in [-0.2, -0.15) is 0 Å². The number of benzene rings is 1. The molecule has 0 aliphatic carbocycles. The van der Waals surface area contributed by atoms with Gasteiger partial charge in [0.25, 0.3) is 0 Å². The van der Waals surface area contributed by atoms with Gasteiger partial charge in [0.2, 0.25) is 10.0 Å². The molecule has 0 heterocycles. The van der Waals surface area contributed by atoms with Crippen LogP contribution in [0, 0.1) is 5.82 Å². The molecule has 1 rings (SSSR count). The Morgan fingerprint density at radius 3 is 2.71 bits per heavy atom. The molecule has 5 nitrogen and oxygen atoms in total. The van der Waals surface area contributed by atoms with Crippen LogP contribution in [0.4, 0.5) is 10.1 Å². The maximum atomic E-state index is 13.5. The summed E-state index contributed by atoms with van der Waals surface area (Å²) < 4.78 is 39.2. The molecule has 0 aliphatic heterocycles. The van der Waals surface area contributed by atoms with Gasteiger partial charge in [0, 0.05) is 16.7 Å². The second kappa shape index (κ2) is 5.30. The summed E-state index contributed by atoms with van der Waals surface area (Å²) in [4.78, 5) is -0.543. The van der Waals surface area contributed by atoms with Gasteiger partial charge in [0.1, 0.15) is 10.7 Å². The molecule has 1 atom stereocenters. The van der Waals surface area contributed by atoms with Crippen molar-refractivity contribution in [1.29, 1.82) is 0 Å². The fourth-order valence-electron chi connectivity index (χ4n) is 1.06. The van der Waals surface area contributed by atoms with Gasteiger partial charge in [-0.1, -0.05) is 0 Å². The predicted octanol–water partition coefficient (Wildman–Crippen LogP) is 0.830. The monoisotopic (exact) mass is 326 g/mol. The van der Waals surface area contributed by atoms with Gasteiger partial charge in [0.15, 0.2) is 0 Å². The lowest BCUT2D eigenvalue weighted by atomic mass is 10.3. The van der Waals surface area contributed by atoms with E-state index < -0.39 is 26.8 Å². The lowest BCUT2D eigenvalue weighted by Gasteiger charge is -2.10. The van der Waals surface area contributed by atoms with E-state index in [0.29, 0.717) is 0 Å². The molecule has 0 spiro atoms. The number of nitrogen functional groups attached to an aromatic ring is 1. The predicted molar refractivity (Wildman–Crippen MR) is 65.4 cm³/mol. The highest BCUT2D eigenvalue weighted by molar-refractivity contribution is 9.10. The van der Waals surface area contributed by atoms with Gasteiger partial charge in [-0.3, -0.25) is 0 Å². The first-order valence-electron chi connectivity index (χ1n) is 4.66. The first-order chi connectivity index (χ1) is 7.74. The van der Waals surface area contributed by atoms with Gasteiger partial charge in [-0.25, -0.2) is 17.5 Å². The standard InChI is InChI=1S/C9H12BrFN2O3S/c1-5(14)4-13-17(15,16)9-3-8(12)6(10)2-7(9)11/h2-3,5,13-14H,4,12H2,1H3. The molecule has 1 unspecified atom stereocenters. The SMILES string of the molecule is CC(O)CNS(=O)(=O)c1cc(N)c(Br)cc1F. The van der Waals surface area contributed by atoms with E-state index in [1.54, 1.807) is 0 Å². The molecule has 17 heavy (non-hydrogen) atoms. The maximum Gasteiger partial charge on any atom is 0.243 e. The van der Waals surface area contributed by atoms with E-state index in [1.165, 1.54) is 6.92 Å². The van der Waals surface area contributed by atoms with Crippen molar-refractivity contribution < 1.29 is 17.9 Å². The Morgan fingerprint density at radius 2 is 2.18 bits per heavy atom. The first-order valence-corrected chi connectivity index (χ1v) is 6.94. The zero-order chi connectivity index (χ0) is 13.2. The fraction of sp³-hybridized carbons (Fsp3) is 0.333. The van der Waals surface area contributed by atoms with Crippen molar-refractivity contribution in [2.75, 3.05) is 12.3 Å². The van der Waals surface area contributed by atoms with Crippen LogP contribution in [0.3, 0.4) is 0 Å². The number of halogens is 2. The Balaban J connectivity index is 3.11. The summed E-state index contributed by atoms with van der Waals surface area (Å²) in [6, 6.07) is 2.00. The van der Waals surface area contributed by atoms with Crippen LogP contribution in [0.5, 0.6) is 0 Å². The summed E-state index contributed by atoms with van der Waals surface area (Å²) in [5, 5.41) is 8.98. The Morgan fingerprint density at radius 1 is 1.59 bits per heavy atom. The molecule has 0 aromatic heterocycles. The van der Waals surface area contributed by atoms with Crippen molar-refractivity contribution in [2.24, 2.45) is 0 Å². The van der Waals surface area contributed by atoms with Crippen LogP contribution in [0.2, 0.25) is 0 Å². The number of hydrogen-bond donors (Lipinski definition) is 3. The van der Waals surface area contributed by atoms with Gasteiger partial charge in [-0.15, -0.1) is 0 Å². The van der Waals surface area contributed by atoms with E-state index in [4.69, 9.17) is 10.8 Å². The molecule has 0 radical (unpaired) electrons. The third-order valence-corrected chi connectivity index (χ3v) is 4.03. The third-order valence-electron chi connectivity index (χ3n) is 1.91. The van der Waals surface area contributed by atoms with Crippen LogP contribution in [-0.2, 0) is 10.0 Å². The Labute approximate surface area is 107 Å². The van der Waals surface area contributed by atoms with Crippen molar-refractivity contribution in [3.8, 4) is 0 Å². The minimum Gasteiger partial charge on any atom is -0.398 e. The quantitative estimate of drug-likeness (QED) is 0.714. The summed E-state index contributed by atoms with van der Waals surface area (Å²) >= 11 is 2.99. The highest BCUT2D eigenvalue weighted by atomic mass is 79.9. The topological polar surface area (TPSA) is 92.4 Å². The van der Waals surface area contributed by atoms with Crippen molar-refractivity contribution in [3.63, 3.8) is 0 Å². The number of aliphatic hydroxyl groups excluding tert-OH is 1. The molecule has 96 valence electrons.